The lowest BCUT2D eigenvalue weighted by Gasteiger charge is -2.26. The van der Waals surface area contributed by atoms with Crippen LogP contribution in [0, 0.1) is 74.6 Å². The normalized spacial score (nSPS) is 21.8. The number of aryl methyl sites for hydroxylation is 4. The molecule has 0 aromatic heterocycles. The van der Waals surface area contributed by atoms with Gasteiger partial charge in [0.05, 0.1) is 20.1 Å². The summed E-state index contributed by atoms with van der Waals surface area (Å²) >= 11 is 24.4. The lowest BCUT2D eigenvalue weighted by atomic mass is 9.79. The minimum Gasteiger partial charge on any atom is -0.205 e. The molecule has 4 fully saturated rings. The summed E-state index contributed by atoms with van der Waals surface area (Å²) in [5.74, 6) is 4.86. The van der Waals surface area contributed by atoms with Gasteiger partial charge in [0.2, 0.25) is 0 Å². The quantitative estimate of drug-likeness (QED) is 0.133. The molecule has 0 heterocycles. The molecular formula is C80H96Cl4F4. The summed E-state index contributed by atoms with van der Waals surface area (Å²) < 4.78 is 56.5. The largest absolute Gasteiger partial charge is 0.205 e. The Bertz CT molecular complexity index is 3110. The third-order valence-electron chi connectivity index (χ3n) is 19.9. The summed E-state index contributed by atoms with van der Waals surface area (Å²) in [6, 6.07) is 48.5. The van der Waals surface area contributed by atoms with Gasteiger partial charge in [0.25, 0.3) is 0 Å². The molecule has 4 saturated carbocycles. The van der Waals surface area contributed by atoms with Gasteiger partial charge in [-0.05, 0) is 193 Å². The van der Waals surface area contributed by atoms with Gasteiger partial charge in [-0.15, -0.1) is 0 Å². The number of halogens is 8. The second kappa shape index (κ2) is 31.1. The van der Waals surface area contributed by atoms with Crippen molar-refractivity contribution in [2.45, 2.75) is 182 Å². The van der Waals surface area contributed by atoms with Crippen molar-refractivity contribution in [3.63, 3.8) is 0 Å². The smallest absolute Gasteiger partial charge is 0.149 e. The van der Waals surface area contributed by atoms with Gasteiger partial charge in [0.15, 0.2) is 0 Å². The number of benzene rings is 8. The molecule has 0 bridgehead atoms. The highest BCUT2D eigenvalue weighted by Crippen LogP contribution is 2.42. The molecule has 8 aromatic carbocycles. The van der Waals surface area contributed by atoms with Gasteiger partial charge in [-0.3, -0.25) is 0 Å². The molecule has 0 amide bonds. The van der Waals surface area contributed by atoms with E-state index in [9.17, 15) is 17.6 Å². The average molecular weight is 1280 g/mol. The molecule has 4 aliphatic rings. The SMILES string of the molecule is Cc1ccc(-c2ccc(C3CCC(C)CC3)cc2)c(Cl)c1F.Cc1ccc(-c2ccc(C3CCC(C)CC3)cc2)c(Cl)c1F.Cc1ccc(-c2ccc(C3CCC(C)CC3)cc2)c(F)c1Cl.Cc1ccc(-c2ccc(C3CCC(C)CC3)cc2)c(F)c1Cl.[HH].[HH].[HH].[HH]. The summed E-state index contributed by atoms with van der Waals surface area (Å²) in [6.07, 6.45) is 20.7. The van der Waals surface area contributed by atoms with Gasteiger partial charge in [0.1, 0.15) is 23.3 Å². The minimum atomic E-state index is -0.319. The molecule has 0 atom stereocenters. The number of rotatable bonds is 8. The average Bonchev–Trinajstić information content (AvgIpc) is 1.06. The van der Waals surface area contributed by atoms with Gasteiger partial charge in [0, 0.05) is 28.0 Å². The van der Waals surface area contributed by atoms with Gasteiger partial charge < -0.3 is 0 Å². The van der Waals surface area contributed by atoms with E-state index in [2.05, 4.69) is 100 Å². The second-order valence-corrected chi connectivity index (χ2v) is 28.1. The van der Waals surface area contributed by atoms with E-state index in [4.69, 9.17) is 46.4 Å². The van der Waals surface area contributed by atoms with Crippen LogP contribution in [0.4, 0.5) is 17.6 Å². The molecule has 0 spiro atoms. The Kier molecular flexibility index (Phi) is 23.7. The Labute approximate surface area is 549 Å². The van der Waals surface area contributed by atoms with E-state index >= 15 is 0 Å². The predicted octanol–water partition coefficient (Wildman–Crippen LogP) is 28.0. The monoisotopic (exact) mass is 1270 g/mol. The first-order valence-corrected chi connectivity index (χ1v) is 33.9. The molecule has 0 aliphatic heterocycles. The Morgan fingerprint density at radius 1 is 0.250 bits per heavy atom. The van der Waals surface area contributed by atoms with E-state index < -0.39 is 0 Å². The molecule has 472 valence electrons. The second-order valence-electron chi connectivity index (χ2n) is 26.5. The Hall–Kier alpha value is -5.36. The highest BCUT2D eigenvalue weighted by Gasteiger charge is 2.25. The molecule has 8 aromatic rings. The Balaban J connectivity index is 0.000000219. The van der Waals surface area contributed by atoms with Crippen LogP contribution in [0.3, 0.4) is 0 Å². The zero-order chi connectivity index (χ0) is 62.8. The highest BCUT2D eigenvalue weighted by atomic mass is 35.5. The molecule has 0 N–H and O–H groups in total. The Morgan fingerprint density at radius 3 is 0.693 bits per heavy atom. The van der Waals surface area contributed by atoms with Crippen molar-refractivity contribution >= 4 is 46.4 Å². The van der Waals surface area contributed by atoms with Crippen LogP contribution in [-0.2, 0) is 0 Å². The van der Waals surface area contributed by atoms with Crippen LogP contribution < -0.4 is 0 Å². The topological polar surface area (TPSA) is 0 Å². The van der Waals surface area contributed by atoms with Crippen molar-refractivity contribution < 1.29 is 23.3 Å². The fourth-order valence-corrected chi connectivity index (χ4v) is 14.6. The molecule has 12 rings (SSSR count). The number of hydrogen-bond donors (Lipinski definition) is 0. The van der Waals surface area contributed by atoms with E-state index in [1.54, 1.807) is 26.0 Å². The van der Waals surface area contributed by atoms with Crippen molar-refractivity contribution in [1.82, 2.24) is 0 Å². The van der Waals surface area contributed by atoms with Gasteiger partial charge in [-0.25, -0.2) is 17.6 Å². The van der Waals surface area contributed by atoms with Crippen LogP contribution in [0.2, 0.25) is 20.1 Å². The van der Waals surface area contributed by atoms with Crippen LogP contribution in [0.5, 0.6) is 0 Å². The standard InChI is InChI=1S/4C20H22ClF.4H2/c2*1-13-3-6-15(7-4-13)16-8-10-17(11-9-16)18-12-5-14(2)20(22)19(18)21;2*1-13-3-6-15(7-4-13)16-8-10-17(11-9-16)18-12-5-14(2)19(21)20(18)22;;;;/h4*5,8-13,15H,3-4,6-7H2,1-2H3;4*1H. The van der Waals surface area contributed by atoms with E-state index in [1.807, 2.05) is 74.5 Å². The molecule has 0 nitrogen and oxygen atoms in total. The van der Waals surface area contributed by atoms with Crippen LogP contribution in [0.15, 0.2) is 146 Å². The summed E-state index contributed by atoms with van der Waals surface area (Å²) in [6.45, 7) is 16.5. The van der Waals surface area contributed by atoms with Crippen LogP contribution >= 0.6 is 46.4 Å². The third-order valence-corrected chi connectivity index (χ3v) is 21.6. The maximum atomic E-state index is 14.3. The molecule has 0 saturated heterocycles. The molecule has 0 radical (unpaired) electrons. The van der Waals surface area contributed by atoms with Gasteiger partial charge in [-0.2, -0.15) is 0 Å². The first-order chi connectivity index (χ1) is 42.2. The zero-order valence-electron chi connectivity index (χ0n) is 52.8. The maximum absolute atomic E-state index is 14.3. The van der Waals surface area contributed by atoms with Crippen molar-refractivity contribution in [3.8, 4) is 44.5 Å². The van der Waals surface area contributed by atoms with E-state index in [-0.39, 0.29) is 49.1 Å². The van der Waals surface area contributed by atoms with E-state index in [0.717, 1.165) is 68.2 Å². The first kappa shape index (κ1) is 67.0. The first-order valence-electron chi connectivity index (χ1n) is 32.4. The molecule has 8 heteroatoms. The van der Waals surface area contributed by atoms with Crippen molar-refractivity contribution in [2.75, 3.05) is 0 Å². The fraction of sp³-hybridized carbons (Fsp3) is 0.400. The van der Waals surface area contributed by atoms with Crippen LogP contribution in [0.1, 0.15) is 204 Å². The molecular weight excluding hydrogens is 1180 g/mol. The van der Waals surface area contributed by atoms with E-state index in [0.29, 0.717) is 45.9 Å². The third kappa shape index (κ3) is 16.8. The lowest BCUT2D eigenvalue weighted by molar-refractivity contribution is 0.348. The molecule has 0 unspecified atom stereocenters. The predicted molar refractivity (Wildman–Crippen MR) is 376 cm³/mol. The molecule has 4 aliphatic carbocycles. The van der Waals surface area contributed by atoms with Gasteiger partial charge in [-0.1, -0.05) is 271 Å². The van der Waals surface area contributed by atoms with Crippen LogP contribution in [-0.4, -0.2) is 0 Å². The van der Waals surface area contributed by atoms with Crippen LogP contribution in [0.25, 0.3) is 44.5 Å². The molecule has 88 heavy (non-hydrogen) atoms. The summed E-state index contributed by atoms with van der Waals surface area (Å²) in [4.78, 5) is 0. The van der Waals surface area contributed by atoms with E-state index in [1.165, 1.54) is 125 Å². The minimum absolute atomic E-state index is 0. The number of hydrogen-bond acceptors (Lipinski definition) is 0. The Morgan fingerprint density at radius 2 is 0.455 bits per heavy atom. The fourth-order valence-electron chi connectivity index (χ4n) is 13.6. The van der Waals surface area contributed by atoms with Gasteiger partial charge >= 0.3 is 0 Å². The summed E-state index contributed by atoms with van der Waals surface area (Å²) in [7, 11) is 0. The summed E-state index contributed by atoms with van der Waals surface area (Å²) in [5, 5.41) is 0.893. The van der Waals surface area contributed by atoms with Crippen molar-refractivity contribution in [3.05, 3.63) is 233 Å². The maximum Gasteiger partial charge on any atom is 0.149 e. The summed E-state index contributed by atoms with van der Waals surface area (Å²) in [5.41, 5.74) is 14.8. The zero-order valence-corrected chi connectivity index (χ0v) is 55.8. The van der Waals surface area contributed by atoms with Crippen molar-refractivity contribution in [1.29, 1.82) is 0 Å². The van der Waals surface area contributed by atoms with Crippen molar-refractivity contribution in [2.24, 2.45) is 23.7 Å². The highest BCUT2D eigenvalue weighted by molar-refractivity contribution is 6.34. The lowest BCUT2D eigenvalue weighted by Crippen LogP contribution is -2.10.